The van der Waals surface area contributed by atoms with E-state index in [9.17, 15) is 5.11 Å². The fraction of sp³-hybridized carbons (Fsp3) is 1.00. The van der Waals surface area contributed by atoms with Gasteiger partial charge in [-0.1, -0.05) is 27.7 Å². The standard InChI is InChI=1S/C16H31NO/c1-5-10-17(13-7-8-13)14-11-12(16(2,3)4)6-9-15(14)18/h12-15,18H,5-11H2,1-4H3. The molecule has 3 unspecified atom stereocenters. The van der Waals surface area contributed by atoms with Crippen LogP contribution in [0.5, 0.6) is 0 Å². The Morgan fingerprint density at radius 2 is 1.78 bits per heavy atom. The summed E-state index contributed by atoms with van der Waals surface area (Å²) >= 11 is 0. The van der Waals surface area contributed by atoms with E-state index in [2.05, 4.69) is 32.6 Å². The summed E-state index contributed by atoms with van der Waals surface area (Å²) < 4.78 is 0. The lowest BCUT2D eigenvalue weighted by Crippen LogP contribution is -2.50. The molecule has 0 heterocycles. The van der Waals surface area contributed by atoms with E-state index in [-0.39, 0.29) is 6.10 Å². The number of rotatable bonds is 4. The van der Waals surface area contributed by atoms with E-state index in [1.54, 1.807) is 0 Å². The number of aliphatic hydroxyl groups is 1. The summed E-state index contributed by atoms with van der Waals surface area (Å²) in [5.41, 5.74) is 0.389. The lowest BCUT2D eigenvalue weighted by Gasteiger charge is -2.44. The third-order valence-electron chi connectivity index (χ3n) is 4.93. The first kappa shape index (κ1) is 14.3. The Morgan fingerprint density at radius 3 is 2.28 bits per heavy atom. The number of hydrogen-bond donors (Lipinski definition) is 1. The van der Waals surface area contributed by atoms with Crippen molar-refractivity contribution in [2.24, 2.45) is 11.3 Å². The van der Waals surface area contributed by atoms with Gasteiger partial charge in [0.25, 0.3) is 0 Å². The van der Waals surface area contributed by atoms with Gasteiger partial charge < -0.3 is 5.11 Å². The maximum atomic E-state index is 10.4. The third kappa shape index (κ3) is 3.27. The van der Waals surface area contributed by atoms with Crippen LogP contribution in [0.2, 0.25) is 0 Å². The molecule has 2 aliphatic rings. The van der Waals surface area contributed by atoms with Gasteiger partial charge in [0.2, 0.25) is 0 Å². The Balaban J connectivity index is 2.03. The second-order valence-corrected chi connectivity index (χ2v) is 7.48. The lowest BCUT2D eigenvalue weighted by atomic mass is 9.70. The van der Waals surface area contributed by atoms with Gasteiger partial charge in [-0.05, 0) is 56.4 Å². The molecule has 2 aliphatic carbocycles. The van der Waals surface area contributed by atoms with E-state index < -0.39 is 0 Å². The molecular formula is C16H31NO. The normalized spacial score (nSPS) is 34.0. The second kappa shape index (κ2) is 5.50. The summed E-state index contributed by atoms with van der Waals surface area (Å²) in [6.07, 6.45) is 7.22. The molecule has 106 valence electrons. The highest BCUT2D eigenvalue weighted by molar-refractivity contribution is 4.96. The van der Waals surface area contributed by atoms with E-state index in [0.717, 1.165) is 18.4 Å². The van der Waals surface area contributed by atoms with Crippen molar-refractivity contribution in [3.63, 3.8) is 0 Å². The van der Waals surface area contributed by atoms with Gasteiger partial charge in [-0.3, -0.25) is 4.90 Å². The van der Waals surface area contributed by atoms with Crippen molar-refractivity contribution in [3.05, 3.63) is 0 Å². The molecule has 2 rings (SSSR count). The van der Waals surface area contributed by atoms with Crippen molar-refractivity contribution < 1.29 is 5.11 Å². The summed E-state index contributed by atoms with van der Waals surface area (Å²) in [5, 5.41) is 10.4. The molecular weight excluding hydrogens is 222 g/mol. The zero-order chi connectivity index (χ0) is 13.3. The predicted octanol–water partition coefficient (Wildman–Crippen LogP) is 3.44. The first-order valence-corrected chi connectivity index (χ1v) is 7.87. The highest BCUT2D eigenvalue weighted by Crippen LogP contribution is 2.41. The van der Waals surface area contributed by atoms with Crippen LogP contribution in [0.3, 0.4) is 0 Å². The van der Waals surface area contributed by atoms with Gasteiger partial charge in [-0.2, -0.15) is 0 Å². The molecule has 18 heavy (non-hydrogen) atoms. The molecule has 2 fully saturated rings. The summed E-state index contributed by atoms with van der Waals surface area (Å²) in [6.45, 7) is 10.5. The van der Waals surface area contributed by atoms with Crippen LogP contribution in [-0.4, -0.2) is 34.7 Å². The minimum atomic E-state index is -0.0873. The molecule has 0 saturated heterocycles. The second-order valence-electron chi connectivity index (χ2n) is 7.48. The fourth-order valence-electron chi connectivity index (χ4n) is 3.56. The largest absolute Gasteiger partial charge is 0.391 e. The minimum Gasteiger partial charge on any atom is -0.391 e. The van der Waals surface area contributed by atoms with Gasteiger partial charge >= 0.3 is 0 Å². The van der Waals surface area contributed by atoms with Crippen molar-refractivity contribution in [1.82, 2.24) is 4.90 Å². The van der Waals surface area contributed by atoms with Crippen molar-refractivity contribution >= 4 is 0 Å². The summed E-state index contributed by atoms with van der Waals surface area (Å²) in [4.78, 5) is 2.63. The van der Waals surface area contributed by atoms with E-state index in [0.29, 0.717) is 11.5 Å². The first-order chi connectivity index (χ1) is 8.43. The molecule has 3 atom stereocenters. The van der Waals surface area contributed by atoms with Crippen LogP contribution in [-0.2, 0) is 0 Å². The van der Waals surface area contributed by atoms with Crippen LogP contribution in [0.4, 0.5) is 0 Å². The monoisotopic (exact) mass is 253 g/mol. The highest BCUT2D eigenvalue weighted by Gasteiger charge is 2.41. The lowest BCUT2D eigenvalue weighted by molar-refractivity contribution is -0.0205. The summed E-state index contributed by atoms with van der Waals surface area (Å²) in [7, 11) is 0. The van der Waals surface area contributed by atoms with Gasteiger partial charge in [0.1, 0.15) is 0 Å². The van der Waals surface area contributed by atoms with Gasteiger partial charge in [-0.25, -0.2) is 0 Å². The number of aliphatic hydroxyl groups excluding tert-OH is 1. The Kier molecular flexibility index (Phi) is 4.38. The SMILES string of the molecule is CCCN(C1CC1)C1CC(C(C)(C)C)CCC1O. The van der Waals surface area contributed by atoms with Crippen molar-refractivity contribution in [2.75, 3.05) is 6.54 Å². The van der Waals surface area contributed by atoms with E-state index in [1.165, 1.54) is 38.6 Å². The number of nitrogens with zero attached hydrogens (tertiary/aromatic N) is 1. The molecule has 1 N–H and O–H groups in total. The topological polar surface area (TPSA) is 23.5 Å². The molecule has 0 radical (unpaired) electrons. The molecule has 0 aromatic rings. The average Bonchev–Trinajstić information content (AvgIpc) is 3.09. The van der Waals surface area contributed by atoms with Gasteiger partial charge in [0.15, 0.2) is 0 Å². The maximum Gasteiger partial charge on any atom is 0.0695 e. The predicted molar refractivity (Wildman–Crippen MR) is 76.6 cm³/mol. The van der Waals surface area contributed by atoms with Crippen molar-refractivity contribution in [3.8, 4) is 0 Å². The molecule has 0 aromatic heterocycles. The Labute approximate surface area is 113 Å². The Morgan fingerprint density at radius 1 is 1.11 bits per heavy atom. The van der Waals surface area contributed by atoms with E-state index in [1.807, 2.05) is 0 Å². The van der Waals surface area contributed by atoms with Gasteiger partial charge in [-0.15, -0.1) is 0 Å². The van der Waals surface area contributed by atoms with Gasteiger partial charge in [0.05, 0.1) is 6.10 Å². The van der Waals surface area contributed by atoms with E-state index >= 15 is 0 Å². The minimum absolute atomic E-state index is 0.0873. The van der Waals surface area contributed by atoms with Crippen LogP contribution in [0.25, 0.3) is 0 Å². The smallest absolute Gasteiger partial charge is 0.0695 e. The molecule has 2 heteroatoms. The Hall–Kier alpha value is -0.0800. The maximum absolute atomic E-state index is 10.4. The Bertz CT molecular complexity index is 267. The quantitative estimate of drug-likeness (QED) is 0.829. The van der Waals surface area contributed by atoms with E-state index in [4.69, 9.17) is 0 Å². The third-order valence-corrected chi connectivity index (χ3v) is 4.93. The van der Waals surface area contributed by atoms with Crippen molar-refractivity contribution in [1.29, 1.82) is 0 Å². The molecule has 0 spiro atoms. The number of hydrogen-bond acceptors (Lipinski definition) is 2. The fourth-order valence-corrected chi connectivity index (χ4v) is 3.56. The van der Waals surface area contributed by atoms with Crippen molar-refractivity contribution in [2.45, 2.75) is 84.4 Å². The first-order valence-electron chi connectivity index (χ1n) is 7.87. The zero-order valence-corrected chi connectivity index (χ0v) is 12.7. The van der Waals surface area contributed by atoms with Crippen LogP contribution in [0.15, 0.2) is 0 Å². The average molecular weight is 253 g/mol. The summed E-state index contributed by atoms with van der Waals surface area (Å²) in [6, 6.07) is 1.21. The van der Waals surface area contributed by atoms with Crippen LogP contribution < -0.4 is 0 Å². The summed E-state index contributed by atoms with van der Waals surface area (Å²) in [5.74, 6) is 0.768. The van der Waals surface area contributed by atoms with Crippen LogP contribution in [0.1, 0.15) is 66.2 Å². The zero-order valence-electron chi connectivity index (χ0n) is 12.7. The molecule has 0 amide bonds. The molecule has 0 aliphatic heterocycles. The molecule has 0 aromatic carbocycles. The van der Waals surface area contributed by atoms with Gasteiger partial charge in [0, 0.05) is 12.1 Å². The molecule has 2 nitrogen and oxygen atoms in total. The molecule has 0 bridgehead atoms. The highest BCUT2D eigenvalue weighted by atomic mass is 16.3. The molecule has 2 saturated carbocycles. The van der Waals surface area contributed by atoms with Crippen LogP contribution >= 0.6 is 0 Å². The van der Waals surface area contributed by atoms with Crippen LogP contribution in [0, 0.1) is 11.3 Å².